The zero-order valence-electron chi connectivity index (χ0n) is 27.1. The Hall–Kier alpha value is -4.71. The summed E-state index contributed by atoms with van der Waals surface area (Å²) in [6, 6.07) is 17.0. The number of likely N-dealkylation sites (tertiary alicyclic amines) is 1. The molecule has 2 heterocycles. The number of carbonyl (C=O) groups excluding carboxylic acids is 4. The molecule has 1 aliphatic rings. The van der Waals surface area contributed by atoms with Crippen LogP contribution in [-0.2, 0) is 30.5 Å². The van der Waals surface area contributed by atoms with Gasteiger partial charge in [0.15, 0.2) is 6.04 Å². The topological polar surface area (TPSA) is 144 Å². The molecular weight excluding hydrogens is 588 g/mol. The molecule has 246 valence electrons. The lowest BCUT2D eigenvalue weighted by molar-refractivity contribution is -0.132. The van der Waals surface area contributed by atoms with Crippen LogP contribution in [0.15, 0.2) is 73.1 Å². The van der Waals surface area contributed by atoms with E-state index in [0.717, 1.165) is 24.0 Å². The third kappa shape index (κ3) is 9.64. The van der Waals surface area contributed by atoms with Crippen molar-refractivity contribution in [1.82, 2.24) is 25.3 Å². The van der Waals surface area contributed by atoms with Gasteiger partial charge in [-0.1, -0.05) is 60.7 Å². The fourth-order valence-corrected chi connectivity index (χ4v) is 4.93. The number of nitrogens with zero attached hydrogens (tertiary/aromatic N) is 3. The van der Waals surface area contributed by atoms with Crippen LogP contribution >= 0.6 is 0 Å². The van der Waals surface area contributed by atoms with E-state index in [-0.39, 0.29) is 19.1 Å². The third-order valence-electron chi connectivity index (χ3n) is 7.30. The molecule has 0 bridgehead atoms. The number of nitrogens with one attached hydrogen (secondary N) is 3. The highest BCUT2D eigenvalue weighted by Crippen LogP contribution is 2.24. The molecule has 0 aliphatic carbocycles. The van der Waals surface area contributed by atoms with Crippen LogP contribution in [0.2, 0.25) is 0 Å². The standard InChI is InChI=1S/C34H44N6O6/c1-33(2,3)46-32(44)38-34(4,5)31(43)37-27(23-45-22-24-14-8-6-9-15-24)29(41)36-26-20-35-40(21-26)28(25-16-10-7-11-17-25)30(42)39-18-12-13-19-39/h6-11,14-17,20-21,27-28H,12-13,18-19,22-23H2,1-5H3,(H,36,41)(H,37,43)(H,38,44). The van der Waals surface area contributed by atoms with Gasteiger partial charge in [0, 0.05) is 19.3 Å². The average Bonchev–Trinajstić information content (AvgIpc) is 3.69. The molecule has 0 radical (unpaired) electrons. The Morgan fingerprint density at radius 1 is 0.913 bits per heavy atom. The SMILES string of the molecule is CC(C)(C)OC(=O)NC(C)(C)C(=O)NC(COCc1ccccc1)C(=O)Nc1cnn(C(C(=O)N2CCCC2)c2ccccc2)c1. The predicted octanol–water partition coefficient (Wildman–Crippen LogP) is 4.04. The first kappa shape index (κ1) is 34.2. The summed E-state index contributed by atoms with van der Waals surface area (Å²) in [5, 5.41) is 12.5. The monoisotopic (exact) mass is 632 g/mol. The Bertz CT molecular complexity index is 1480. The van der Waals surface area contributed by atoms with Crippen molar-refractivity contribution in [3.8, 4) is 0 Å². The largest absolute Gasteiger partial charge is 0.444 e. The van der Waals surface area contributed by atoms with Gasteiger partial charge in [-0.25, -0.2) is 4.79 Å². The minimum absolute atomic E-state index is 0.0659. The van der Waals surface area contributed by atoms with E-state index in [0.29, 0.717) is 18.8 Å². The van der Waals surface area contributed by atoms with Crippen molar-refractivity contribution in [2.24, 2.45) is 0 Å². The maximum Gasteiger partial charge on any atom is 0.408 e. The summed E-state index contributed by atoms with van der Waals surface area (Å²) in [5.41, 5.74) is -0.152. The van der Waals surface area contributed by atoms with Gasteiger partial charge in [-0.3, -0.25) is 19.1 Å². The number of amides is 4. The van der Waals surface area contributed by atoms with Crippen LogP contribution in [-0.4, -0.2) is 75.4 Å². The lowest BCUT2D eigenvalue weighted by atomic mass is 10.0. The number of alkyl carbamates (subject to hydrolysis) is 1. The van der Waals surface area contributed by atoms with Gasteiger partial charge in [0.25, 0.3) is 5.91 Å². The van der Waals surface area contributed by atoms with Crippen molar-refractivity contribution < 1.29 is 28.7 Å². The number of ether oxygens (including phenoxy) is 2. The number of carbonyl (C=O) groups is 4. The summed E-state index contributed by atoms with van der Waals surface area (Å²) in [6.07, 6.45) is 4.20. The van der Waals surface area contributed by atoms with E-state index in [1.165, 1.54) is 20.0 Å². The van der Waals surface area contributed by atoms with Crippen molar-refractivity contribution in [2.75, 3.05) is 25.0 Å². The highest BCUT2D eigenvalue weighted by Gasteiger charge is 2.35. The Morgan fingerprint density at radius 3 is 2.17 bits per heavy atom. The molecule has 2 unspecified atom stereocenters. The molecule has 12 nitrogen and oxygen atoms in total. The zero-order chi connectivity index (χ0) is 33.3. The van der Waals surface area contributed by atoms with Crippen molar-refractivity contribution in [3.05, 3.63) is 84.2 Å². The van der Waals surface area contributed by atoms with E-state index in [2.05, 4.69) is 21.0 Å². The fraction of sp³-hybridized carbons (Fsp3) is 0.441. The van der Waals surface area contributed by atoms with Gasteiger partial charge in [-0.05, 0) is 58.6 Å². The van der Waals surface area contributed by atoms with Crippen LogP contribution in [0.1, 0.15) is 64.6 Å². The summed E-state index contributed by atoms with van der Waals surface area (Å²) in [6.45, 7) is 9.63. The lowest BCUT2D eigenvalue weighted by Crippen LogP contribution is -2.59. The van der Waals surface area contributed by atoms with E-state index in [1.54, 1.807) is 31.6 Å². The molecule has 2 aromatic carbocycles. The van der Waals surface area contributed by atoms with E-state index < -0.39 is 41.1 Å². The molecule has 12 heteroatoms. The first-order valence-electron chi connectivity index (χ1n) is 15.4. The number of rotatable bonds is 12. The second-order valence-electron chi connectivity index (χ2n) is 12.8. The van der Waals surface area contributed by atoms with Crippen molar-refractivity contribution >= 4 is 29.5 Å². The first-order valence-corrected chi connectivity index (χ1v) is 15.4. The second-order valence-corrected chi connectivity index (χ2v) is 12.8. The Labute approximate surface area is 269 Å². The number of hydrogen-bond acceptors (Lipinski definition) is 7. The smallest absolute Gasteiger partial charge is 0.408 e. The molecular formula is C34H44N6O6. The quantitative estimate of drug-likeness (QED) is 0.273. The normalized spacial score (nSPS) is 14.7. The van der Waals surface area contributed by atoms with Crippen LogP contribution in [0.3, 0.4) is 0 Å². The molecule has 0 saturated carbocycles. The van der Waals surface area contributed by atoms with Gasteiger partial charge >= 0.3 is 6.09 Å². The second kappa shape index (κ2) is 15.0. The summed E-state index contributed by atoms with van der Waals surface area (Å²) < 4.78 is 12.7. The summed E-state index contributed by atoms with van der Waals surface area (Å²) in [4.78, 5) is 54.7. The third-order valence-corrected chi connectivity index (χ3v) is 7.30. The maximum atomic E-state index is 13.6. The van der Waals surface area contributed by atoms with Crippen LogP contribution in [0.4, 0.5) is 10.5 Å². The number of anilines is 1. The minimum atomic E-state index is -1.41. The summed E-state index contributed by atoms with van der Waals surface area (Å²) in [7, 11) is 0. The van der Waals surface area contributed by atoms with E-state index >= 15 is 0 Å². The van der Waals surface area contributed by atoms with E-state index in [1.807, 2.05) is 65.6 Å². The lowest BCUT2D eigenvalue weighted by Gasteiger charge is -2.29. The highest BCUT2D eigenvalue weighted by molar-refractivity contribution is 5.99. The van der Waals surface area contributed by atoms with Gasteiger partial charge in [0.1, 0.15) is 17.2 Å². The van der Waals surface area contributed by atoms with Crippen LogP contribution in [0, 0.1) is 0 Å². The predicted molar refractivity (Wildman–Crippen MR) is 173 cm³/mol. The van der Waals surface area contributed by atoms with Gasteiger partial charge in [0.05, 0.1) is 25.1 Å². The first-order chi connectivity index (χ1) is 21.8. The zero-order valence-corrected chi connectivity index (χ0v) is 27.1. The number of benzene rings is 2. The number of hydrogen-bond donors (Lipinski definition) is 3. The summed E-state index contributed by atoms with van der Waals surface area (Å²) in [5.74, 6) is -1.24. The van der Waals surface area contributed by atoms with Crippen molar-refractivity contribution in [3.63, 3.8) is 0 Å². The molecule has 46 heavy (non-hydrogen) atoms. The molecule has 1 fully saturated rings. The van der Waals surface area contributed by atoms with Crippen LogP contribution < -0.4 is 16.0 Å². The molecule has 1 aromatic heterocycles. The van der Waals surface area contributed by atoms with Crippen molar-refractivity contribution in [2.45, 2.75) is 77.3 Å². The van der Waals surface area contributed by atoms with Gasteiger partial charge in [0.2, 0.25) is 11.8 Å². The molecule has 2 atom stereocenters. The molecule has 4 rings (SSSR count). The Balaban J connectivity index is 1.49. The van der Waals surface area contributed by atoms with Gasteiger partial charge in [-0.15, -0.1) is 0 Å². The molecule has 0 spiro atoms. The Morgan fingerprint density at radius 2 is 1.54 bits per heavy atom. The molecule has 3 aromatic rings. The molecule has 1 saturated heterocycles. The fourth-order valence-electron chi connectivity index (χ4n) is 4.93. The molecule has 4 amide bonds. The molecule has 3 N–H and O–H groups in total. The van der Waals surface area contributed by atoms with Crippen LogP contribution in [0.25, 0.3) is 0 Å². The van der Waals surface area contributed by atoms with Crippen LogP contribution in [0.5, 0.6) is 0 Å². The highest BCUT2D eigenvalue weighted by atomic mass is 16.6. The molecule has 1 aliphatic heterocycles. The van der Waals surface area contributed by atoms with E-state index in [4.69, 9.17) is 9.47 Å². The van der Waals surface area contributed by atoms with E-state index in [9.17, 15) is 19.2 Å². The van der Waals surface area contributed by atoms with Gasteiger partial charge < -0.3 is 30.3 Å². The summed E-state index contributed by atoms with van der Waals surface area (Å²) >= 11 is 0. The minimum Gasteiger partial charge on any atom is -0.444 e. The van der Waals surface area contributed by atoms with Crippen molar-refractivity contribution in [1.29, 1.82) is 0 Å². The number of aromatic nitrogens is 2. The van der Waals surface area contributed by atoms with Gasteiger partial charge in [-0.2, -0.15) is 5.10 Å². The average molecular weight is 633 g/mol. The maximum absolute atomic E-state index is 13.6. The Kier molecular flexibility index (Phi) is 11.2.